The zero-order chi connectivity index (χ0) is 14.7. The van der Waals surface area contributed by atoms with Crippen molar-refractivity contribution in [2.45, 2.75) is 40.0 Å². The molecule has 1 aromatic heterocycles. The Hall–Kier alpha value is -1.61. The lowest BCUT2D eigenvalue weighted by atomic mass is 10.0. The molecular formula is C16H20ClN3. The summed E-state index contributed by atoms with van der Waals surface area (Å²) < 4.78 is 0. The van der Waals surface area contributed by atoms with Gasteiger partial charge in [-0.1, -0.05) is 50.6 Å². The van der Waals surface area contributed by atoms with Crippen LogP contribution in [-0.2, 0) is 6.42 Å². The molecule has 0 atom stereocenters. The molecule has 4 heteroatoms. The topological polar surface area (TPSA) is 37.8 Å². The minimum absolute atomic E-state index is 0.446. The first-order valence-corrected chi connectivity index (χ1v) is 7.29. The Balaban J connectivity index is 2.42. The predicted octanol–water partition coefficient (Wildman–Crippen LogP) is 4.87. The lowest BCUT2D eigenvalue weighted by molar-refractivity contribution is 0.868. The van der Waals surface area contributed by atoms with Gasteiger partial charge in [-0.05, 0) is 24.5 Å². The number of hydrogen-bond donors (Lipinski definition) is 1. The minimum Gasteiger partial charge on any atom is -0.340 e. The van der Waals surface area contributed by atoms with Gasteiger partial charge in [0.25, 0.3) is 0 Å². The largest absolute Gasteiger partial charge is 0.340 e. The van der Waals surface area contributed by atoms with E-state index in [1.807, 2.05) is 19.9 Å². The Labute approximate surface area is 125 Å². The van der Waals surface area contributed by atoms with Crippen LogP contribution >= 0.6 is 11.6 Å². The van der Waals surface area contributed by atoms with E-state index in [9.17, 15) is 0 Å². The van der Waals surface area contributed by atoms with Crippen LogP contribution < -0.4 is 5.32 Å². The molecular weight excluding hydrogens is 270 g/mol. The van der Waals surface area contributed by atoms with Crippen LogP contribution in [0.25, 0.3) is 0 Å². The molecule has 0 saturated carbocycles. The zero-order valence-corrected chi connectivity index (χ0v) is 13.1. The molecule has 0 aliphatic heterocycles. The van der Waals surface area contributed by atoms with Crippen molar-refractivity contribution in [3.8, 4) is 0 Å². The number of anilines is 2. The smallest absolute Gasteiger partial charge is 0.138 e. The lowest BCUT2D eigenvalue weighted by Crippen LogP contribution is -2.05. The van der Waals surface area contributed by atoms with Crippen molar-refractivity contribution in [3.05, 3.63) is 46.4 Å². The summed E-state index contributed by atoms with van der Waals surface area (Å²) in [6.45, 7) is 8.31. The van der Waals surface area contributed by atoms with Gasteiger partial charge in [0.05, 0.1) is 0 Å². The Morgan fingerprint density at radius 2 is 1.90 bits per heavy atom. The van der Waals surface area contributed by atoms with Crippen molar-refractivity contribution in [1.29, 1.82) is 0 Å². The average Bonchev–Trinajstić information content (AvgIpc) is 2.44. The summed E-state index contributed by atoms with van der Waals surface area (Å²) >= 11 is 6.18. The van der Waals surface area contributed by atoms with Crippen LogP contribution in [0.15, 0.2) is 24.3 Å². The van der Waals surface area contributed by atoms with Gasteiger partial charge in [-0.15, -0.1) is 0 Å². The first kappa shape index (κ1) is 14.8. The molecule has 0 amide bonds. The second-order valence-corrected chi connectivity index (χ2v) is 5.48. The molecule has 0 fully saturated rings. The van der Waals surface area contributed by atoms with Gasteiger partial charge in [0.1, 0.15) is 16.8 Å². The van der Waals surface area contributed by atoms with Gasteiger partial charge in [0.2, 0.25) is 0 Å². The summed E-state index contributed by atoms with van der Waals surface area (Å²) in [5.41, 5.74) is 3.21. The maximum atomic E-state index is 6.18. The van der Waals surface area contributed by atoms with Crippen LogP contribution in [0.4, 0.5) is 11.5 Å². The van der Waals surface area contributed by atoms with Gasteiger partial charge in [-0.3, -0.25) is 0 Å². The van der Waals surface area contributed by atoms with E-state index in [0.29, 0.717) is 11.1 Å². The summed E-state index contributed by atoms with van der Waals surface area (Å²) in [6.07, 6.45) is 0.764. The second kappa shape index (κ2) is 6.23. The minimum atomic E-state index is 0.446. The van der Waals surface area contributed by atoms with E-state index >= 15 is 0 Å². The van der Waals surface area contributed by atoms with Crippen LogP contribution in [0.1, 0.15) is 43.6 Å². The van der Waals surface area contributed by atoms with E-state index in [0.717, 1.165) is 29.3 Å². The standard InChI is InChI=1S/C16H20ClN3/c1-5-14-19-15(17)11(4)16(20-14)18-13-9-7-6-8-12(13)10(2)3/h6-10H,5H2,1-4H3,(H,18,19,20). The van der Waals surface area contributed by atoms with Gasteiger partial charge in [0.15, 0.2) is 0 Å². The summed E-state index contributed by atoms with van der Waals surface area (Å²) in [6, 6.07) is 8.27. The van der Waals surface area contributed by atoms with Crippen molar-refractivity contribution in [2.24, 2.45) is 0 Å². The number of nitrogens with one attached hydrogen (secondary N) is 1. The number of benzene rings is 1. The lowest BCUT2D eigenvalue weighted by Gasteiger charge is -2.16. The van der Waals surface area contributed by atoms with Gasteiger partial charge < -0.3 is 5.32 Å². The van der Waals surface area contributed by atoms with Gasteiger partial charge >= 0.3 is 0 Å². The normalized spacial score (nSPS) is 10.9. The molecule has 1 aromatic carbocycles. The molecule has 0 spiro atoms. The quantitative estimate of drug-likeness (QED) is 0.816. The van der Waals surface area contributed by atoms with Crippen LogP contribution in [0.2, 0.25) is 5.15 Å². The fraction of sp³-hybridized carbons (Fsp3) is 0.375. The molecule has 3 nitrogen and oxygen atoms in total. The van der Waals surface area contributed by atoms with Crippen LogP contribution in [0.5, 0.6) is 0 Å². The van der Waals surface area contributed by atoms with Crippen molar-refractivity contribution < 1.29 is 0 Å². The number of aryl methyl sites for hydroxylation is 1. The maximum Gasteiger partial charge on any atom is 0.138 e. The van der Waals surface area contributed by atoms with E-state index in [1.54, 1.807) is 0 Å². The Morgan fingerprint density at radius 3 is 2.55 bits per heavy atom. The third-order valence-electron chi connectivity index (χ3n) is 3.28. The monoisotopic (exact) mass is 289 g/mol. The van der Waals surface area contributed by atoms with E-state index in [2.05, 4.69) is 47.3 Å². The van der Waals surface area contributed by atoms with Crippen molar-refractivity contribution in [3.63, 3.8) is 0 Å². The SMILES string of the molecule is CCc1nc(Cl)c(C)c(Nc2ccccc2C(C)C)n1. The highest BCUT2D eigenvalue weighted by molar-refractivity contribution is 6.30. The van der Waals surface area contributed by atoms with Crippen LogP contribution in [0.3, 0.4) is 0 Å². The summed E-state index contributed by atoms with van der Waals surface area (Å²) in [5, 5.41) is 3.92. The van der Waals surface area contributed by atoms with Gasteiger partial charge in [0, 0.05) is 17.7 Å². The second-order valence-electron chi connectivity index (χ2n) is 5.12. The predicted molar refractivity (Wildman–Crippen MR) is 85.0 cm³/mol. The van der Waals surface area contributed by atoms with E-state index in [4.69, 9.17) is 11.6 Å². The number of rotatable bonds is 4. The maximum absolute atomic E-state index is 6.18. The first-order chi connectivity index (χ1) is 9.52. The Morgan fingerprint density at radius 1 is 1.20 bits per heavy atom. The molecule has 20 heavy (non-hydrogen) atoms. The molecule has 2 aromatic rings. The number of halogens is 1. The molecule has 0 saturated heterocycles. The highest BCUT2D eigenvalue weighted by Crippen LogP contribution is 2.29. The van der Waals surface area contributed by atoms with Crippen molar-refractivity contribution >= 4 is 23.1 Å². The molecule has 0 bridgehead atoms. The van der Waals surface area contributed by atoms with Crippen LogP contribution in [0, 0.1) is 6.92 Å². The molecule has 0 unspecified atom stereocenters. The molecule has 0 radical (unpaired) electrons. The Bertz CT molecular complexity index is 609. The highest BCUT2D eigenvalue weighted by Gasteiger charge is 2.11. The summed E-state index contributed by atoms with van der Waals surface area (Å²) in [7, 11) is 0. The average molecular weight is 290 g/mol. The highest BCUT2D eigenvalue weighted by atomic mass is 35.5. The van der Waals surface area contributed by atoms with E-state index < -0.39 is 0 Å². The summed E-state index contributed by atoms with van der Waals surface area (Å²) in [4.78, 5) is 8.81. The number of hydrogen-bond acceptors (Lipinski definition) is 3. The fourth-order valence-corrected chi connectivity index (χ4v) is 2.24. The molecule has 0 aliphatic rings. The molecule has 106 valence electrons. The molecule has 1 N–H and O–H groups in total. The molecule has 1 heterocycles. The fourth-order valence-electron chi connectivity index (χ4n) is 2.05. The van der Waals surface area contributed by atoms with E-state index in [1.165, 1.54) is 5.56 Å². The van der Waals surface area contributed by atoms with Gasteiger partial charge in [-0.2, -0.15) is 0 Å². The number of aromatic nitrogens is 2. The Kier molecular flexibility index (Phi) is 4.61. The van der Waals surface area contributed by atoms with Crippen molar-refractivity contribution in [2.75, 3.05) is 5.32 Å². The number of nitrogens with zero attached hydrogens (tertiary/aromatic N) is 2. The third kappa shape index (κ3) is 3.10. The molecule has 2 rings (SSSR count). The summed E-state index contributed by atoms with van der Waals surface area (Å²) in [5.74, 6) is 1.99. The number of para-hydroxylation sites is 1. The first-order valence-electron chi connectivity index (χ1n) is 6.91. The third-order valence-corrected chi connectivity index (χ3v) is 3.65. The van der Waals surface area contributed by atoms with Crippen molar-refractivity contribution in [1.82, 2.24) is 9.97 Å². The van der Waals surface area contributed by atoms with Crippen LogP contribution in [-0.4, -0.2) is 9.97 Å². The molecule has 0 aliphatic carbocycles. The van der Waals surface area contributed by atoms with Gasteiger partial charge in [-0.25, -0.2) is 9.97 Å². The zero-order valence-electron chi connectivity index (χ0n) is 12.4. The van der Waals surface area contributed by atoms with E-state index in [-0.39, 0.29) is 0 Å².